The molecular weight excluding hydrogens is 288 g/mol. The van der Waals surface area contributed by atoms with Gasteiger partial charge in [-0.05, 0) is 43.7 Å². The molecule has 2 atom stereocenters. The Bertz CT molecular complexity index is 475. The Morgan fingerprint density at radius 3 is 2.71 bits per heavy atom. The first-order valence-electron chi connectivity index (χ1n) is 7.72. The van der Waals surface area contributed by atoms with Crippen LogP contribution >= 0.6 is 11.6 Å². The van der Waals surface area contributed by atoms with Gasteiger partial charge in [-0.3, -0.25) is 0 Å². The lowest BCUT2D eigenvalue weighted by molar-refractivity contribution is 0.0305. The maximum absolute atomic E-state index is 6.31. The maximum atomic E-state index is 6.31. The molecule has 0 amide bonds. The average molecular weight is 311 g/mol. The fourth-order valence-electron chi connectivity index (χ4n) is 3.32. The molecule has 2 unspecified atom stereocenters. The summed E-state index contributed by atoms with van der Waals surface area (Å²) in [5, 5.41) is 0. The third-order valence-electron chi connectivity index (χ3n) is 4.74. The summed E-state index contributed by atoms with van der Waals surface area (Å²) in [7, 11) is 1.66. The molecule has 0 radical (unpaired) electrons. The van der Waals surface area contributed by atoms with Gasteiger partial charge in [-0.1, -0.05) is 12.1 Å². The first kappa shape index (κ1) is 15.0. The molecule has 1 heterocycles. The first-order chi connectivity index (χ1) is 10.3. The zero-order chi connectivity index (χ0) is 14.7. The van der Waals surface area contributed by atoms with Crippen LogP contribution in [0.1, 0.15) is 25.7 Å². The number of ether oxygens (including phenoxy) is 3. The Kier molecular flexibility index (Phi) is 4.60. The average Bonchev–Trinajstić information content (AvgIpc) is 3.28. The van der Waals surface area contributed by atoms with Crippen molar-refractivity contribution < 1.29 is 14.2 Å². The lowest BCUT2D eigenvalue weighted by atomic mass is 9.78. The Morgan fingerprint density at radius 2 is 2.05 bits per heavy atom. The molecule has 1 aliphatic carbocycles. The summed E-state index contributed by atoms with van der Waals surface area (Å²) in [5.74, 6) is 2.95. The van der Waals surface area contributed by atoms with Crippen LogP contribution in [0.4, 0.5) is 0 Å². The SMILES string of the molecule is COc1ccccc1OCCC1(CCl)CCOC1C1CC1. The van der Waals surface area contributed by atoms with Crippen molar-refractivity contribution in [2.45, 2.75) is 31.8 Å². The predicted molar refractivity (Wildman–Crippen MR) is 83.3 cm³/mol. The molecule has 1 aromatic carbocycles. The van der Waals surface area contributed by atoms with Crippen molar-refractivity contribution in [3.8, 4) is 11.5 Å². The molecule has 1 aliphatic heterocycles. The summed E-state index contributed by atoms with van der Waals surface area (Å²) in [6, 6.07) is 7.76. The van der Waals surface area contributed by atoms with Crippen LogP contribution in [-0.2, 0) is 4.74 Å². The number of alkyl halides is 1. The minimum Gasteiger partial charge on any atom is -0.493 e. The third-order valence-corrected chi connectivity index (χ3v) is 5.28. The van der Waals surface area contributed by atoms with Crippen LogP contribution in [-0.4, -0.2) is 32.3 Å². The fraction of sp³-hybridized carbons (Fsp3) is 0.647. The van der Waals surface area contributed by atoms with E-state index < -0.39 is 0 Å². The van der Waals surface area contributed by atoms with Gasteiger partial charge in [0.05, 0.1) is 19.8 Å². The van der Waals surface area contributed by atoms with Crippen LogP contribution in [0.15, 0.2) is 24.3 Å². The molecular formula is C17H23ClO3. The molecule has 4 heteroatoms. The van der Waals surface area contributed by atoms with Gasteiger partial charge in [0, 0.05) is 17.9 Å². The highest BCUT2D eigenvalue weighted by molar-refractivity contribution is 6.18. The molecule has 2 aliphatic rings. The standard InChI is InChI=1S/C17H23ClO3/c1-19-14-4-2-3-5-15(14)20-10-8-17(12-18)9-11-21-16(17)13-6-7-13/h2-5,13,16H,6-12H2,1H3. The number of hydrogen-bond donors (Lipinski definition) is 0. The monoisotopic (exact) mass is 310 g/mol. The minimum absolute atomic E-state index is 0.0880. The van der Waals surface area contributed by atoms with Gasteiger partial charge >= 0.3 is 0 Å². The molecule has 0 aromatic heterocycles. The molecule has 2 fully saturated rings. The molecule has 1 aromatic rings. The second-order valence-electron chi connectivity index (χ2n) is 6.12. The lowest BCUT2D eigenvalue weighted by Gasteiger charge is -2.32. The summed E-state index contributed by atoms with van der Waals surface area (Å²) in [5.41, 5.74) is 0.0880. The number of hydrogen-bond acceptors (Lipinski definition) is 3. The number of rotatable bonds is 7. The van der Waals surface area contributed by atoms with E-state index in [-0.39, 0.29) is 5.41 Å². The largest absolute Gasteiger partial charge is 0.493 e. The van der Waals surface area contributed by atoms with Gasteiger partial charge in [-0.25, -0.2) is 0 Å². The summed E-state index contributed by atoms with van der Waals surface area (Å²) in [6.07, 6.45) is 4.90. The van der Waals surface area contributed by atoms with Crippen molar-refractivity contribution in [1.29, 1.82) is 0 Å². The van der Waals surface area contributed by atoms with Crippen LogP contribution in [0.2, 0.25) is 0 Å². The lowest BCUT2D eigenvalue weighted by Crippen LogP contribution is -2.36. The zero-order valence-corrected chi connectivity index (χ0v) is 13.3. The minimum atomic E-state index is 0.0880. The van der Waals surface area contributed by atoms with Gasteiger partial charge in [-0.2, -0.15) is 0 Å². The van der Waals surface area contributed by atoms with Crippen LogP contribution in [0.5, 0.6) is 11.5 Å². The molecule has 1 saturated carbocycles. The summed E-state index contributed by atoms with van der Waals surface area (Å²) < 4.78 is 17.2. The van der Waals surface area contributed by atoms with Crippen LogP contribution in [0.25, 0.3) is 0 Å². The number of methoxy groups -OCH3 is 1. The van der Waals surface area contributed by atoms with Gasteiger partial charge in [-0.15, -0.1) is 11.6 Å². The zero-order valence-electron chi connectivity index (χ0n) is 12.5. The van der Waals surface area contributed by atoms with Crippen LogP contribution in [0.3, 0.4) is 0 Å². The second-order valence-corrected chi connectivity index (χ2v) is 6.39. The number of benzene rings is 1. The van der Waals surface area contributed by atoms with E-state index >= 15 is 0 Å². The normalized spacial score (nSPS) is 28.6. The van der Waals surface area contributed by atoms with E-state index in [2.05, 4.69) is 0 Å². The molecule has 116 valence electrons. The van der Waals surface area contributed by atoms with Crippen molar-refractivity contribution >= 4 is 11.6 Å². The Hall–Kier alpha value is -0.930. The van der Waals surface area contributed by atoms with Crippen LogP contribution < -0.4 is 9.47 Å². The molecule has 1 saturated heterocycles. The van der Waals surface area contributed by atoms with E-state index in [1.54, 1.807) is 7.11 Å². The Labute approximate surface area is 131 Å². The topological polar surface area (TPSA) is 27.7 Å². The highest BCUT2D eigenvalue weighted by Gasteiger charge is 2.50. The second kappa shape index (κ2) is 6.45. The highest BCUT2D eigenvalue weighted by atomic mass is 35.5. The third kappa shape index (κ3) is 3.14. The highest BCUT2D eigenvalue weighted by Crippen LogP contribution is 2.50. The molecule has 3 nitrogen and oxygen atoms in total. The van der Waals surface area contributed by atoms with Gasteiger partial charge < -0.3 is 14.2 Å². The van der Waals surface area contributed by atoms with Gasteiger partial charge in [0.2, 0.25) is 0 Å². The molecule has 0 spiro atoms. The van der Waals surface area contributed by atoms with E-state index in [9.17, 15) is 0 Å². The van der Waals surface area contributed by atoms with E-state index in [1.165, 1.54) is 12.8 Å². The molecule has 0 N–H and O–H groups in total. The summed E-state index contributed by atoms with van der Waals surface area (Å²) in [4.78, 5) is 0. The Balaban J connectivity index is 1.60. The molecule has 3 rings (SSSR count). The molecule has 0 bridgehead atoms. The number of para-hydroxylation sites is 2. The van der Waals surface area contributed by atoms with Crippen molar-refractivity contribution in [2.75, 3.05) is 26.2 Å². The van der Waals surface area contributed by atoms with Crippen molar-refractivity contribution in [3.05, 3.63) is 24.3 Å². The fourth-order valence-corrected chi connectivity index (χ4v) is 3.74. The van der Waals surface area contributed by atoms with Crippen molar-refractivity contribution in [3.63, 3.8) is 0 Å². The van der Waals surface area contributed by atoms with Crippen LogP contribution in [0, 0.1) is 11.3 Å². The summed E-state index contributed by atoms with van der Waals surface area (Å²) in [6.45, 7) is 1.49. The quantitative estimate of drug-likeness (QED) is 0.715. The van der Waals surface area contributed by atoms with Gasteiger partial charge in [0.15, 0.2) is 11.5 Å². The molecule has 21 heavy (non-hydrogen) atoms. The van der Waals surface area contributed by atoms with Gasteiger partial charge in [0.1, 0.15) is 0 Å². The summed E-state index contributed by atoms with van der Waals surface area (Å²) >= 11 is 6.31. The van der Waals surface area contributed by atoms with Crippen molar-refractivity contribution in [1.82, 2.24) is 0 Å². The van der Waals surface area contributed by atoms with Crippen molar-refractivity contribution in [2.24, 2.45) is 11.3 Å². The predicted octanol–water partition coefficient (Wildman–Crippen LogP) is 3.89. The number of halogens is 1. The van der Waals surface area contributed by atoms with E-state index in [0.717, 1.165) is 36.9 Å². The maximum Gasteiger partial charge on any atom is 0.161 e. The first-order valence-corrected chi connectivity index (χ1v) is 8.26. The smallest absolute Gasteiger partial charge is 0.161 e. The van der Waals surface area contributed by atoms with E-state index in [4.69, 9.17) is 25.8 Å². The van der Waals surface area contributed by atoms with E-state index in [0.29, 0.717) is 18.6 Å². The Morgan fingerprint density at radius 1 is 1.29 bits per heavy atom. The van der Waals surface area contributed by atoms with E-state index in [1.807, 2.05) is 24.3 Å². The van der Waals surface area contributed by atoms with Gasteiger partial charge in [0.25, 0.3) is 0 Å².